The third-order valence-electron chi connectivity index (χ3n) is 2.78. The number of aromatic nitrogens is 1. The van der Waals surface area contributed by atoms with Crippen LogP contribution in [0.5, 0.6) is 0 Å². The lowest BCUT2D eigenvalue weighted by Crippen LogP contribution is -2.20. The Bertz CT molecular complexity index is 653. The maximum absolute atomic E-state index is 12.1. The number of nitrogens with one attached hydrogen (secondary N) is 1. The van der Waals surface area contributed by atoms with Gasteiger partial charge in [-0.1, -0.05) is 23.4 Å². The molecule has 0 saturated carbocycles. The maximum atomic E-state index is 12.1. The van der Waals surface area contributed by atoms with E-state index >= 15 is 0 Å². The van der Waals surface area contributed by atoms with Crippen molar-refractivity contribution in [2.75, 3.05) is 5.32 Å². The normalized spacial score (nSPS) is 11.2. The molecule has 0 bridgehead atoms. The molecule has 0 aliphatic rings. The lowest BCUT2D eigenvalue weighted by Gasteiger charge is -2.12. The molecule has 1 aromatic carbocycles. The molecule has 6 nitrogen and oxygen atoms in total. The van der Waals surface area contributed by atoms with Gasteiger partial charge in [-0.05, 0) is 30.7 Å². The second kappa shape index (κ2) is 5.83. The number of amides is 1. The van der Waals surface area contributed by atoms with Crippen molar-refractivity contribution in [2.24, 2.45) is 10.9 Å². The molecule has 6 heteroatoms. The number of carbonyl (C=O) groups excluding carboxylic acids is 1. The number of amidine groups is 1. The molecule has 0 spiro atoms. The molecule has 1 amide bonds. The average Bonchev–Trinajstić information content (AvgIpc) is 2.47. The van der Waals surface area contributed by atoms with Crippen molar-refractivity contribution in [2.45, 2.75) is 6.92 Å². The Morgan fingerprint density at radius 2 is 2.10 bits per heavy atom. The van der Waals surface area contributed by atoms with Gasteiger partial charge in [0.1, 0.15) is 5.69 Å². The van der Waals surface area contributed by atoms with E-state index in [0.29, 0.717) is 16.9 Å². The molecule has 102 valence electrons. The van der Waals surface area contributed by atoms with Gasteiger partial charge in [0, 0.05) is 11.8 Å². The third-order valence-corrected chi connectivity index (χ3v) is 2.78. The minimum atomic E-state index is -0.358. The fourth-order valence-corrected chi connectivity index (χ4v) is 1.85. The summed E-state index contributed by atoms with van der Waals surface area (Å²) in [4.78, 5) is 16.0. The zero-order valence-corrected chi connectivity index (χ0v) is 10.9. The van der Waals surface area contributed by atoms with Gasteiger partial charge in [-0.25, -0.2) is 0 Å². The predicted octanol–water partition coefficient (Wildman–Crippen LogP) is 1.74. The first-order valence-electron chi connectivity index (χ1n) is 5.93. The van der Waals surface area contributed by atoms with Crippen molar-refractivity contribution < 1.29 is 10.0 Å². The Labute approximate surface area is 115 Å². The van der Waals surface area contributed by atoms with Gasteiger partial charge in [-0.3, -0.25) is 9.78 Å². The number of aryl methyl sites for hydroxylation is 1. The molecular weight excluding hydrogens is 256 g/mol. The van der Waals surface area contributed by atoms with Crippen molar-refractivity contribution in [1.82, 2.24) is 4.98 Å². The summed E-state index contributed by atoms with van der Waals surface area (Å²) in [6.07, 6.45) is 1.54. The first-order valence-corrected chi connectivity index (χ1v) is 5.93. The number of anilines is 1. The molecule has 2 aromatic rings. The molecule has 0 saturated heterocycles. The van der Waals surface area contributed by atoms with E-state index in [9.17, 15) is 4.79 Å². The molecule has 0 unspecified atom stereocenters. The first-order chi connectivity index (χ1) is 9.63. The maximum Gasteiger partial charge on any atom is 0.274 e. The number of nitrogens with zero attached hydrogens (tertiary/aromatic N) is 2. The molecule has 0 aliphatic carbocycles. The van der Waals surface area contributed by atoms with Crippen LogP contribution in [0.3, 0.4) is 0 Å². The highest BCUT2D eigenvalue weighted by Crippen LogP contribution is 2.19. The van der Waals surface area contributed by atoms with Crippen LogP contribution in [-0.2, 0) is 0 Å². The van der Waals surface area contributed by atoms with Crippen LogP contribution in [0.1, 0.15) is 21.6 Å². The van der Waals surface area contributed by atoms with Crippen LogP contribution in [-0.4, -0.2) is 21.9 Å². The number of hydrogen-bond acceptors (Lipinski definition) is 4. The molecule has 1 heterocycles. The van der Waals surface area contributed by atoms with E-state index in [-0.39, 0.29) is 11.7 Å². The highest BCUT2D eigenvalue weighted by Gasteiger charge is 2.14. The largest absolute Gasteiger partial charge is 0.409 e. The summed E-state index contributed by atoms with van der Waals surface area (Å²) in [5.41, 5.74) is 7.68. The second-order valence-electron chi connectivity index (χ2n) is 4.15. The Balaban J connectivity index is 2.35. The molecular formula is C14H14N4O2. The van der Waals surface area contributed by atoms with Gasteiger partial charge in [-0.2, -0.15) is 0 Å². The minimum Gasteiger partial charge on any atom is -0.409 e. The zero-order valence-electron chi connectivity index (χ0n) is 10.9. The van der Waals surface area contributed by atoms with Crippen LogP contribution in [0.15, 0.2) is 47.8 Å². The minimum absolute atomic E-state index is 0.0561. The summed E-state index contributed by atoms with van der Waals surface area (Å²) in [6.45, 7) is 1.81. The van der Waals surface area contributed by atoms with Crippen LogP contribution in [0.25, 0.3) is 0 Å². The van der Waals surface area contributed by atoms with E-state index in [1.54, 1.807) is 30.3 Å². The van der Waals surface area contributed by atoms with Crippen LogP contribution in [0.4, 0.5) is 5.69 Å². The fraction of sp³-hybridized carbons (Fsp3) is 0.0714. The summed E-state index contributed by atoms with van der Waals surface area (Å²) in [7, 11) is 0. The van der Waals surface area contributed by atoms with Gasteiger partial charge in [0.15, 0.2) is 5.84 Å². The quantitative estimate of drug-likeness (QED) is 0.342. The molecule has 4 N–H and O–H groups in total. The van der Waals surface area contributed by atoms with Crippen LogP contribution in [0.2, 0.25) is 0 Å². The van der Waals surface area contributed by atoms with E-state index < -0.39 is 0 Å². The highest BCUT2D eigenvalue weighted by atomic mass is 16.4. The first kappa shape index (κ1) is 13.5. The van der Waals surface area contributed by atoms with Crippen molar-refractivity contribution in [3.8, 4) is 0 Å². The van der Waals surface area contributed by atoms with E-state index in [1.165, 1.54) is 6.20 Å². The Morgan fingerprint density at radius 1 is 1.30 bits per heavy atom. The van der Waals surface area contributed by atoms with E-state index in [4.69, 9.17) is 10.9 Å². The monoisotopic (exact) mass is 270 g/mol. The molecule has 0 fully saturated rings. The summed E-state index contributed by atoms with van der Waals surface area (Å²) >= 11 is 0. The number of oxime groups is 1. The lowest BCUT2D eigenvalue weighted by molar-refractivity contribution is 0.102. The SMILES string of the molecule is Cc1cccc(NC(=O)c2ccccn2)c1/C(N)=N/O. The van der Waals surface area contributed by atoms with Gasteiger partial charge in [0.05, 0.1) is 5.69 Å². The molecule has 0 atom stereocenters. The molecule has 0 radical (unpaired) electrons. The van der Waals surface area contributed by atoms with E-state index in [0.717, 1.165) is 5.56 Å². The van der Waals surface area contributed by atoms with Crippen molar-refractivity contribution in [3.05, 3.63) is 59.4 Å². The van der Waals surface area contributed by atoms with Crippen molar-refractivity contribution >= 4 is 17.4 Å². The Kier molecular flexibility index (Phi) is 3.95. The fourth-order valence-electron chi connectivity index (χ4n) is 1.85. The van der Waals surface area contributed by atoms with Gasteiger partial charge in [0.25, 0.3) is 5.91 Å². The van der Waals surface area contributed by atoms with E-state index in [2.05, 4.69) is 15.5 Å². The lowest BCUT2D eigenvalue weighted by atomic mass is 10.1. The third kappa shape index (κ3) is 2.74. The van der Waals surface area contributed by atoms with E-state index in [1.807, 2.05) is 13.0 Å². The topological polar surface area (TPSA) is 101 Å². The van der Waals surface area contributed by atoms with Crippen molar-refractivity contribution in [3.63, 3.8) is 0 Å². The number of carbonyl (C=O) groups is 1. The smallest absolute Gasteiger partial charge is 0.274 e. The zero-order chi connectivity index (χ0) is 14.5. The number of hydrogen-bond donors (Lipinski definition) is 3. The van der Waals surface area contributed by atoms with Crippen LogP contribution >= 0.6 is 0 Å². The van der Waals surface area contributed by atoms with Gasteiger partial charge >= 0.3 is 0 Å². The standard InChI is InChI=1S/C14H14N4O2/c1-9-5-4-7-10(12(9)13(15)18-20)17-14(19)11-6-2-3-8-16-11/h2-8,20H,1H3,(H2,15,18)(H,17,19). The Hall–Kier alpha value is -2.89. The Morgan fingerprint density at radius 3 is 2.75 bits per heavy atom. The van der Waals surface area contributed by atoms with Crippen LogP contribution < -0.4 is 11.1 Å². The molecule has 2 rings (SSSR count). The summed E-state index contributed by atoms with van der Waals surface area (Å²) < 4.78 is 0. The second-order valence-corrected chi connectivity index (χ2v) is 4.15. The van der Waals surface area contributed by atoms with Gasteiger partial charge < -0.3 is 16.3 Å². The highest BCUT2D eigenvalue weighted by molar-refractivity contribution is 6.09. The summed E-state index contributed by atoms with van der Waals surface area (Å²) in [6, 6.07) is 10.3. The molecule has 1 aromatic heterocycles. The van der Waals surface area contributed by atoms with Crippen molar-refractivity contribution in [1.29, 1.82) is 0 Å². The number of pyridine rings is 1. The predicted molar refractivity (Wildman–Crippen MR) is 75.9 cm³/mol. The number of rotatable bonds is 3. The number of benzene rings is 1. The van der Waals surface area contributed by atoms with Gasteiger partial charge in [-0.15, -0.1) is 0 Å². The summed E-state index contributed by atoms with van der Waals surface area (Å²) in [5.74, 6) is -0.414. The molecule has 20 heavy (non-hydrogen) atoms. The molecule has 0 aliphatic heterocycles. The summed E-state index contributed by atoms with van der Waals surface area (Å²) in [5, 5.41) is 14.5. The average molecular weight is 270 g/mol. The number of nitrogens with two attached hydrogens (primary N) is 1. The van der Waals surface area contributed by atoms with Gasteiger partial charge in [0.2, 0.25) is 0 Å². The van der Waals surface area contributed by atoms with Crippen LogP contribution in [0, 0.1) is 6.92 Å².